The zero-order valence-corrected chi connectivity index (χ0v) is 19.6. The van der Waals surface area contributed by atoms with Gasteiger partial charge in [0.15, 0.2) is 0 Å². The van der Waals surface area contributed by atoms with Gasteiger partial charge in [-0.15, -0.1) is 0 Å². The minimum Gasteiger partial charge on any atom is -0.295 e. The van der Waals surface area contributed by atoms with Crippen molar-refractivity contribution in [3.05, 3.63) is 0 Å². The first-order valence-corrected chi connectivity index (χ1v) is 13.1. The van der Waals surface area contributed by atoms with Crippen molar-refractivity contribution in [1.82, 2.24) is 0 Å². The minimum atomic E-state index is 0.100. The molecule has 0 rings (SSSR count). The SMILES string of the molecule is CCCCCCCCCCCCCCCCCCCCCCCCCC([NH3+])=O. The Hall–Kier alpha value is -0.370. The topological polar surface area (TPSA) is 44.7 Å². The van der Waals surface area contributed by atoms with E-state index in [2.05, 4.69) is 12.7 Å². The average Bonchev–Trinajstić information content (AvgIpc) is 2.68. The molecule has 0 aliphatic carbocycles. The molecule has 0 spiro atoms. The average molecular weight is 397 g/mol. The van der Waals surface area contributed by atoms with Crippen LogP contribution in [0.2, 0.25) is 0 Å². The van der Waals surface area contributed by atoms with Crippen LogP contribution < -0.4 is 5.73 Å². The monoisotopic (exact) mass is 396 g/mol. The lowest BCUT2D eigenvalue weighted by Gasteiger charge is -2.04. The molecule has 0 radical (unpaired) electrons. The highest BCUT2D eigenvalue weighted by molar-refractivity contribution is 5.63. The number of amides is 1. The van der Waals surface area contributed by atoms with Crippen molar-refractivity contribution < 1.29 is 10.5 Å². The van der Waals surface area contributed by atoms with E-state index in [0.717, 1.165) is 6.42 Å². The van der Waals surface area contributed by atoms with Crippen molar-refractivity contribution in [3.8, 4) is 0 Å². The first-order valence-electron chi connectivity index (χ1n) is 13.1. The second-order valence-electron chi connectivity index (χ2n) is 9.07. The Balaban J connectivity index is 2.99. The van der Waals surface area contributed by atoms with Crippen LogP contribution >= 0.6 is 0 Å². The van der Waals surface area contributed by atoms with Crippen molar-refractivity contribution in [2.45, 2.75) is 161 Å². The summed E-state index contributed by atoms with van der Waals surface area (Å²) >= 11 is 0. The van der Waals surface area contributed by atoms with Gasteiger partial charge in [0.05, 0.1) is 6.42 Å². The molecule has 0 aromatic rings. The third-order valence-electron chi connectivity index (χ3n) is 6.06. The number of unbranched alkanes of at least 4 members (excludes halogenated alkanes) is 22. The molecule has 0 aliphatic heterocycles. The maximum absolute atomic E-state index is 10.7. The van der Waals surface area contributed by atoms with Crippen molar-refractivity contribution in [1.29, 1.82) is 0 Å². The third-order valence-corrected chi connectivity index (χ3v) is 6.06. The van der Waals surface area contributed by atoms with E-state index < -0.39 is 0 Å². The van der Waals surface area contributed by atoms with Crippen molar-refractivity contribution >= 4 is 5.91 Å². The van der Waals surface area contributed by atoms with E-state index in [1.54, 1.807) is 0 Å². The molecule has 2 nitrogen and oxygen atoms in total. The summed E-state index contributed by atoms with van der Waals surface area (Å²) in [4.78, 5) is 10.7. The Bertz CT molecular complexity index is 303. The number of hydrogen-bond acceptors (Lipinski definition) is 1. The zero-order chi connectivity index (χ0) is 20.5. The van der Waals surface area contributed by atoms with Crippen LogP contribution in [0.4, 0.5) is 0 Å². The first-order chi connectivity index (χ1) is 13.8. The quantitative estimate of drug-likeness (QED) is 0.164. The molecular weight excluding hydrogens is 342 g/mol. The molecule has 1 amide bonds. The van der Waals surface area contributed by atoms with E-state index in [1.165, 1.54) is 141 Å². The second-order valence-corrected chi connectivity index (χ2v) is 9.07. The van der Waals surface area contributed by atoms with E-state index in [9.17, 15) is 4.79 Å². The van der Waals surface area contributed by atoms with E-state index in [4.69, 9.17) is 0 Å². The molecule has 0 aromatic heterocycles. The van der Waals surface area contributed by atoms with Crippen molar-refractivity contribution in [3.63, 3.8) is 0 Å². The van der Waals surface area contributed by atoms with E-state index in [0.29, 0.717) is 6.42 Å². The molecule has 0 atom stereocenters. The van der Waals surface area contributed by atoms with Crippen LogP contribution in [0.5, 0.6) is 0 Å². The highest BCUT2D eigenvalue weighted by atomic mass is 16.1. The third kappa shape index (κ3) is 25.6. The summed E-state index contributed by atoms with van der Waals surface area (Å²) in [6, 6.07) is 0. The molecule has 0 aromatic carbocycles. The van der Waals surface area contributed by atoms with Gasteiger partial charge in [0.25, 0.3) is 0 Å². The van der Waals surface area contributed by atoms with Crippen LogP contribution in [0.25, 0.3) is 0 Å². The molecular formula is C26H54NO+. The highest BCUT2D eigenvalue weighted by Crippen LogP contribution is 2.15. The van der Waals surface area contributed by atoms with Gasteiger partial charge in [0.1, 0.15) is 0 Å². The smallest absolute Gasteiger partial charge is 0.295 e. The Morgan fingerprint density at radius 1 is 0.429 bits per heavy atom. The zero-order valence-electron chi connectivity index (χ0n) is 19.6. The lowest BCUT2D eigenvalue weighted by atomic mass is 10.0. The van der Waals surface area contributed by atoms with Crippen LogP contribution in [-0.4, -0.2) is 5.91 Å². The van der Waals surface area contributed by atoms with Gasteiger partial charge in [-0.05, 0) is 6.42 Å². The summed E-state index contributed by atoms with van der Waals surface area (Å²) in [5.74, 6) is 0.100. The van der Waals surface area contributed by atoms with Crippen LogP contribution in [0.3, 0.4) is 0 Å². The summed E-state index contributed by atoms with van der Waals surface area (Å²) in [6.07, 6.45) is 33.1. The summed E-state index contributed by atoms with van der Waals surface area (Å²) in [6.45, 7) is 2.30. The molecule has 0 saturated heterocycles. The van der Waals surface area contributed by atoms with Crippen LogP contribution in [0, 0.1) is 0 Å². The molecule has 0 fully saturated rings. The highest BCUT2D eigenvalue weighted by Gasteiger charge is 1.98. The van der Waals surface area contributed by atoms with Crippen LogP contribution in [0.15, 0.2) is 0 Å². The van der Waals surface area contributed by atoms with Crippen molar-refractivity contribution in [2.75, 3.05) is 0 Å². The molecule has 2 heteroatoms. The van der Waals surface area contributed by atoms with Gasteiger partial charge >= 0.3 is 5.91 Å². The number of carbonyl (C=O) groups excluding carboxylic acids is 1. The molecule has 0 saturated carbocycles. The fourth-order valence-corrected chi connectivity index (χ4v) is 4.11. The number of hydrogen-bond donors (Lipinski definition) is 1. The molecule has 168 valence electrons. The van der Waals surface area contributed by atoms with Gasteiger partial charge in [-0.3, -0.25) is 5.73 Å². The summed E-state index contributed by atoms with van der Waals surface area (Å²) in [5.41, 5.74) is 3.43. The van der Waals surface area contributed by atoms with Crippen LogP contribution in [-0.2, 0) is 4.79 Å². The Kier molecular flexibility index (Phi) is 24.3. The summed E-state index contributed by atoms with van der Waals surface area (Å²) in [7, 11) is 0. The largest absolute Gasteiger partial charge is 0.308 e. The number of carbonyl (C=O) groups is 1. The molecule has 0 bridgehead atoms. The van der Waals surface area contributed by atoms with Gasteiger partial charge in [-0.1, -0.05) is 148 Å². The van der Waals surface area contributed by atoms with Crippen molar-refractivity contribution in [2.24, 2.45) is 0 Å². The maximum atomic E-state index is 10.7. The van der Waals surface area contributed by atoms with Gasteiger partial charge in [0, 0.05) is 0 Å². The summed E-state index contributed by atoms with van der Waals surface area (Å²) in [5, 5.41) is 0. The van der Waals surface area contributed by atoms with Crippen LogP contribution in [0.1, 0.15) is 161 Å². The molecule has 0 unspecified atom stereocenters. The maximum Gasteiger partial charge on any atom is 0.308 e. The van der Waals surface area contributed by atoms with Gasteiger partial charge in [-0.25, -0.2) is 4.79 Å². The Labute approximate surface area is 177 Å². The fraction of sp³-hybridized carbons (Fsp3) is 0.962. The normalized spacial score (nSPS) is 11.2. The summed E-state index contributed by atoms with van der Waals surface area (Å²) < 4.78 is 0. The predicted molar refractivity (Wildman–Crippen MR) is 124 cm³/mol. The first kappa shape index (κ1) is 27.6. The predicted octanol–water partition coefficient (Wildman–Crippen LogP) is 8.14. The molecule has 3 N–H and O–H groups in total. The fourth-order valence-electron chi connectivity index (χ4n) is 4.11. The lowest BCUT2D eigenvalue weighted by molar-refractivity contribution is -0.305. The van der Waals surface area contributed by atoms with Gasteiger partial charge < -0.3 is 0 Å². The molecule has 0 aliphatic rings. The van der Waals surface area contributed by atoms with E-state index >= 15 is 0 Å². The lowest BCUT2D eigenvalue weighted by Crippen LogP contribution is -2.56. The van der Waals surface area contributed by atoms with Gasteiger partial charge in [0.2, 0.25) is 0 Å². The second kappa shape index (κ2) is 24.7. The number of quaternary nitrogens is 1. The number of rotatable bonds is 24. The van der Waals surface area contributed by atoms with E-state index in [-0.39, 0.29) is 5.91 Å². The van der Waals surface area contributed by atoms with Gasteiger partial charge in [-0.2, -0.15) is 0 Å². The Morgan fingerprint density at radius 2 is 0.643 bits per heavy atom. The minimum absolute atomic E-state index is 0.100. The molecule has 0 heterocycles. The molecule has 28 heavy (non-hydrogen) atoms. The Morgan fingerprint density at radius 3 is 0.857 bits per heavy atom. The van der Waals surface area contributed by atoms with E-state index in [1.807, 2.05) is 0 Å². The standard InChI is InChI=1S/C26H53NO/c1-2-3-4-5-6-7-8-9-10-11-12-13-14-15-16-17-18-19-20-21-22-23-24-25-26(27)28/h2-25H2,1H3,(H2,27,28)/p+1.